The highest BCUT2D eigenvalue weighted by molar-refractivity contribution is 6.30. The van der Waals surface area contributed by atoms with Crippen molar-refractivity contribution in [2.75, 3.05) is 0 Å². The van der Waals surface area contributed by atoms with E-state index >= 15 is 0 Å². The second-order valence-electron chi connectivity index (χ2n) is 5.95. The Morgan fingerprint density at radius 3 is 3.08 bits per heavy atom. The molecule has 128 valence electrons. The SMILES string of the molecule is O=C(O)[C@H]1Cc2nc[nH]c2CN1Cc1cc(=O)n2cc(Cl)ccc2n1. The molecular formula is C16H14ClN5O3. The van der Waals surface area contributed by atoms with Gasteiger partial charge in [-0.3, -0.25) is 18.9 Å². The number of imidazole rings is 1. The summed E-state index contributed by atoms with van der Waals surface area (Å²) in [4.78, 5) is 37.3. The molecule has 3 aromatic heterocycles. The molecule has 8 nitrogen and oxygen atoms in total. The fourth-order valence-electron chi connectivity index (χ4n) is 3.11. The number of pyridine rings is 1. The van der Waals surface area contributed by atoms with Gasteiger partial charge in [-0.2, -0.15) is 0 Å². The molecule has 25 heavy (non-hydrogen) atoms. The summed E-state index contributed by atoms with van der Waals surface area (Å²) in [7, 11) is 0. The van der Waals surface area contributed by atoms with Gasteiger partial charge in [0.2, 0.25) is 0 Å². The second-order valence-corrected chi connectivity index (χ2v) is 6.39. The van der Waals surface area contributed by atoms with E-state index in [9.17, 15) is 14.7 Å². The van der Waals surface area contributed by atoms with Crippen molar-refractivity contribution in [3.05, 3.63) is 63.2 Å². The number of H-pyrrole nitrogens is 1. The maximum absolute atomic E-state index is 12.3. The van der Waals surface area contributed by atoms with Gasteiger partial charge in [0.05, 0.1) is 28.4 Å². The molecule has 0 aliphatic carbocycles. The monoisotopic (exact) mass is 359 g/mol. The van der Waals surface area contributed by atoms with Crippen LogP contribution >= 0.6 is 11.6 Å². The summed E-state index contributed by atoms with van der Waals surface area (Å²) >= 11 is 5.91. The van der Waals surface area contributed by atoms with Gasteiger partial charge in [-0.1, -0.05) is 11.6 Å². The number of fused-ring (bicyclic) bond motifs is 2. The summed E-state index contributed by atoms with van der Waals surface area (Å²) in [5.74, 6) is -0.919. The molecule has 0 amide bonds. The van der Waals surface area contributed by atoms with Crippen LogP contribution in [0.25, 0.3) is 5.65 Å². The first kappa shape index (κ1) is 15.8. The zero-order chi connectivity index (χ0) is 17.6. The fourth-order valence-corrected chi connectivity index (χ4v) is 3.27. The summed E-state index contributed by atoms with van der Waals surface area (Å²) in [5, 5.41) is 9.97. The summed E-state index contributed by atoms with van der Waals surface area (Å²) in [6.07, 6.45) is 3.39. The van der Waals surface area contributed by atoms with E-state index in [-0.39, 0.29) is 12.1 Å². The highest BCUT2D eigenvalue weighted by Crippen LogP contribution is 2.22. The quantitative estimate of drug-likeness (QED) is 0.725. The number of halogens is 1. The molecule has 0 spiro atoms. The normalized spacial score (nSPS) is 17.6. The molecule has 1 atom stereocenters. The predicted molar refractivity (Wildman–Crippen MR) is 89.4 cm³/mol. The van der Waals surface area contributed by atoms with Gasteiger partial charge in [-0.05, 0) is 12.1 Å². The minimum atomic E-state index is -0.919. The summed E-state index contributed by atoms with van der Waals surface area (Å²) in [6, 6.07) is 4.02. The Morgan fingerprint density at radius 1 is 1.44 bits per heavy atom. The van der Waals surface area contributed by atoms with Crippen LogP contribution in [0.4, 0.5) is 0 Å². The van der Waals surface area contributed by atoms with Crippen LogP contribution in [0.15, 0.2) is 35.5 Å². The van der Waals surface area contributed by atoms with E-state index in [4.69, 9.17) is 11.6 Å². The first-order valence-electron chi connectivity index (χ1n) is 7.67. The highest BCUT2D eigenvalue weighted by Gasteiger charge is 2.33. The predicted octanol–water partition coefficient (Wildman–Crippen LogP) is 1.08. The largest absolute Gasteiger partial charge is 0.480 e. The molecule has 1 aliphatic rings. The van der Waals surface area contributed by atoms with Crippen molar-refractivity contribution in [1.29, 1.82) is 0 Å². The average molecular weight is 360 g/mol. The first-order valence-corrected chi connectivity index (χ1v) is 8.05. The highest BCUT2D eigenvalue weighted by atomic mass is 35.5. The third kappa shape index (κ3) is 2.90. The lowest BCUT2D eigenvalue weighted by atomic mass is 10.0. The second kappa shape index (κ2) is 5.98. The van der Waals surface area contributed by atoms with Crippen molar-refractivity contribution in [3.63, 3.8) is 0 Å². The molecule has 4 rings (SSSR count). The van der Waals surface area contributed by atoms with Gasteiger partial charge in [0.1, 0.15) is 11.7 Å². The van der Waals surface area contributed by atoms with Crippen molar-refractivity contribution in [3.8, 4) is 0 Å². The van der Waals surface area contributed by atoms with Crippen LogP contribution in [-0.2, 0) is 24.3 Å². The minimum absolute atomic E-state index is 0.254. The standard InChI is InChI=1S/C16H14ClN5O3/c17-9-1-2-14-20-10(3-15(23)22(14)5-9)6-21-7-12-11(18-8-19-12)4-13(21)16(24)25/h1-3,5,8,13H,4,6-7H2,(H,18,19)(H,24,25)/t13-/m1/s1. The zero-order valence-electron chi connectivity index (χ0n) is 13.0. The van der Waals surface area contributed by atoms with Crippen LogP contribution in [0.3, 0.4) is 0 Å². The number of carboxylic acid groups (broad SMARTS) is 1. The van der Waals surface area contributed by atoms with E-state index in [1.807, 2.05) is 0 Å². The van der Waals surface area contributed by atoms with E-state index < -0.39 is 12.0 Å². The van der Waals surface area contributed by atoms with E-state index in [2.05, 4.69) is 15.0 Å². The van der Waals surface area contributed by atoms with Crippen LogP contribution in [-0.4, -0.2) is 41.4 Å². The summed E-state index contributed by atoms with van der Waals surface area (Å²) in [5.41, 5.74) is 2.39. The number of carbonyl (C=O) groups is 1. The van der Waals surface area contributed by atoms with Gasteiger partial charge in [-0.15, -0.1) is 0 Å². The number of aliphatic carboxylic acids is 1. The minimum Gasteiger partial charge on any atom is -0.480 e. The van der Waals surface area contributed by atoms with Crippen molar-refractivity contribution in [2.45, 2.75) is 25.6 Å². The van der Waals surface area contributed by atoms with Crippen LogP contribution < -0.4 is 5.56 Å². The van der Waals surface area contributed by atoms with Gasteiger partial charge < -0.3 is 10.1 Å². The van der Waals surface area contributed by atoms with Gasteiger partial charge in [0, 0.05) is 31.8 Å². The first-order chi connectivity index (χ1) is 12.0. The molecule has 0 bridgehead atoms. The lowest BCUT2D eigenvalue weighted by molar-refractivity contribution is -0.144. The molecule has 1 aliphatic heterocycles. The molecule has 4 heterocycles. The maximum atomic E-state index is 12.3. The van der Waals surface area contributed by atoms with Crippen molar-refractivity contribution in [2.24, 2.45) is 0 Å². The van der Waals surface area contributed by atoms with E-state index in [1.54, 1.807) is 23.4 Å². The van der Waals surface area contributed by atoms with Crippen molar-refractivity contribution in [1.82, 2.24) is 24.3 Å². The van der Waals surface area contributed by atoms with Crippen molar-refractivity contribution >= 4 is 23.2 Å². The Kier molecular flexibility index (Phi) is 3.78. The molecule has 0 saturated carbocycles. The van der Waals surface area contributed by atoms with E-state index in [0.717, 1.165) is 11.4 Å². The molecule has 0 unspecified atom stereocenters. The molecular weight excluding hydrogens is 346 g/mol. The zero-order valence-corrected chi connectivity index (χ0v) is 13.8. The molecule has 0 fully saturated rings. The summed E-state index contributed by atoms with van der Waals surface area (Å²) in [6.45, 7) is 0.664. The van der Waals surface area contributed by atoms with Crippen molar-refractivity contribution < 1.29 is 9.90 Å². The third-order valence-corrected chi connectivity index (χ3v) is 4.55. The number of hydrogen-bond acceptors (Lipinski definition) is 5. The number of aromatic nitrogens is 4. The lowest BCUT2D eigenvalue weighted by Gasteiger charge is -2.31. The third-order valence-electron chi connectivity index (χ3n) is 4.32. The lowest BCUT2D eigenvalue weighted by Crippen LogP contribution is -2.45. The Hall–Kier alpha value is -2.71. The number of nitrogens with one attached hydrogen (secondary N) is 1. The van der Waals surface area contributed by atoms with Crippen LogP contribution in [0.5, 0.6) is 0 Å². The van der Waals surface area contributed by atoms with E-state index in [0.29, 0.717) is 29.3 Å². The summed E-state index contributed by atoms with van der Waals surface area (Å²) < 4.78 is 1.36. The topological polar surface area (TPSA) is 104 Å². The molecule has 9 heteroatoms. The number of carboxylic acids is 1. The van der Waals surface area contributed by atoms with Gasteiger partial charge in [0.15, 0.2) is 0 Å². The van der Waals surface area contributed by atoms with Gasteiger partial charge >= 0.3 is 5.97 Å². The number of nitrogens with zero attached hydrogens (tertiary/aromatic N) is 4. The number of hydrogen-bond donors (Lipinski definition) is 2. The molecule has 2 N–H and O–H groups in total. The molecule has 0 aromatic carbocycles. The van der Waals surface area contributed by atoms with Gasteiger partial charge in [0.25, 0.3) is 5.56 Å². The Bertz CT molecular complexity index is 1030. The fraction of sp³-hybridized carbons (Fsp3) is 0.250. The van der Waals surface area contributed by atoms with Gasteiger partial charge in [-0.25, -0.2) is 9.97 Å². The number of rotatable bonds is 3. The van der Waals surface area contributed by atoms with Crippen LogP contribution in [0, 0.1) is 0 Å². The molecule has 0 radical (unpaired) electrons. The maximum Gasteiger partial charge on any atom is 0.321 e. The Balaban J connectivity index is 1.69. The van der Waals surface area contributed by atoms with Crippen LogP contribution in [0.1, 0.15) is 17.1 Å². The van der Waals surface area contributed by atoms with Crippen LogP contribution in [0.2, 0.25) is 5.02 Å². The Morgan fingerprint density at radius 2 is 2.28 bits per heavy atom. The molecule has 3 aromatic rings. The smallest absolute Gasteiger partial charge is 0.321 e. The van der Waals surface area contributed by atoms with E-state index in [1.165, 1.54) is 16.7 Å². The number of aromatic amines is 1. The Labute approximate surface area is 146 Å². The molecule has 0 saturated heterocycles. The average Bonchev–Trinajstić information content (AvgIpc) is 3.02.